The molecule has 13 rings (SSSR count). The molecule has 12 aromatic rings. The van der Waals surface area contributed by atoms with Crippen LogP contribution >= 0.6 is 0 Å². The minimum absolute atomic E-state index is 0.585. The van der Waals surface area contributed by atoms with Crippen molar-refractivity contribution in [1.82, 2.24) is 0 Å². The lowest BCUT2D eigenvalue weighted by Gasteiger charge is -2.35. The summed E-state index contributed by atoms with van der Waals surface area (Å²) >= 11 is 0. The number of rotatable bonds is 9. The Hall–Kier alpha value is -9.04. The maximum Gasteiger partial charge on any atom is 0.0714 e. The first kappa shape index (κ1) is 41.2. The van der Waals surface area contributed by atoms with Gasteiger partial charge in [0.1, 0.15) is 0 Å². The first-order chi connectivity index (χ1) is 34.8. The zero-order valence-electron chi connectivity index (χ0n) is 38.6. The Bertz CT molecular complexity index is 3750. The van der Waals surface area contributed by atoms with Crippen molar-refractivity contribution in [3.05, 3.63) is 307 Å². The van der Waals surface area contributed by atoms with Crippen molar-refractivity contribution >= 4 is 38.6 Å². The van der Waals surface area contributed by atoms with Crippen LogP contribution in [0.25, 0.3) is 77.2 Å². The van der Waals surface area contributed by atoms with Gasteiger partial charge in [0.25, 0.3) is 0 Å². The van der Waals surface area contributed by atoms with Crippen LogP contribution in [-0.4, -0.2) is 0 Å². The molecule has 1 nitrogen and oxygen atoms in total. The average Bonchev–Trinajstić information content (AvgIpc) is 3.76. The Labute approximate surface area is 409 Å². The average molecular weight is 890 g/mol. The summed E-state index contributed by atoms with van der Waals surface area (Å²) in [4.78, 5) is 2.62. The van der Waals surface area contributed by atoms with Gasteiger partial charge in [0.2, 0.25) is 0 Å². The fourth-order valence-electron chi connectivity index (χ4n) is 11.5. The number of hydrogen-bond acceptors (Lipinski definition) is 1. The predicted molar refractivity (Wildman–Crippen MR) is 295 cm³/mol. The molecule has 0 unspecified atom stereocenters. The maximum absolute atomic E-state index is 2.62. The number of fused-ring (bicyclic) bond motifs is 6. The second kappa shape index (κ2) is 17.2. The summed E-state index contributed by atoms with van der Waals surface area (Å²) < 4.78 is 0. The van der Waals surface area contributed by atoms with Gasteiger partial charge in [0.15, 0.2) is 0 Å². The number of nitrogens with zero attached hydrogens (tertiary/aromatic N) is 1. The Kier molecular flexibility index (Phi) is 10.1. The van der Waals surface area contributed by atoms with E-state index in [1.54, 1.807) is 0 Å². The third-order valence-electron chi connectivity index (χ3n) is 14.5. The predicted octanol–water partition coefficient (Wildman–Crippen LogP) is 18.5. The molecule has 12 aromatic carbocycles. The molecule has 0 spiro atoms. The first-order valence-electron chi connectivity index (χ1n) is 24.3. The highest BCUT2D eigenvalue weighted by molar-refractivity contribution is 6.23. The zero-order valence-corrected chi connectivity index (χ0v) is 38.6. The fourth-order valence-corrected chi connectivity index (χ4v) is 11.5. The Morgan fingerprint density at radius 2 is 0.671 bits per heavy atom. The maximum atomic E-state index is 2.62. The molecule has 70 heavy (non-hydrogen) atoms. The van der Waals surface area contributed by atoms with E-state index >= 15 is 0 Å². The number of benzene rings is 12. The lowest BCUT2D eigenvalue weighted by atomic mass is 9.68. The van der Waals surface area contributed by atoms with Crippen LogP contribution in [0.5, 0.6) is 0 Å². The minimum atomic E-state index is -0.585. The molecule has 0 amide bonds. The van der Waals surface area contributed by atoms with Gasteiger partial charge >= 0.3 is 0 Å². The molecule has 0 saturated heterocycles. The van der Waals surface area contributed by atoms with Crippen molar-refractivity contribution in [3.8, 4) is 55.6 Å². The van der Waals surface area contributed by atoms with Crippen molar-refractivity contribution in [1.29, 1.82) is 0 Å². The minimum Gasteiger partial charge on any atom is -0.309 e. The second-order valence-electron chi connectivity index (χ2n) is 18.3. The van der Waals surface area contributed by atoms with Crippen molar-refractivity contribution in [2.75, 3.05) is 4.90 Å². The second-order valence-corrected chi connectivity index (χ2v) is 18.3. The van der Waals surface area contributed by atoms with Crippen LogP contribution in [0.2, 0.25) is 0 Å². The van der Waals surface area contributed by atoms with Gasteiger partial charge in [0, 0.05) is 22.2 Å². The molecule has 0 atom stereocenters. The summed E-state index contributed by atoms with van der Waals surface area (Å²) in [6, 6.07) is 105. The Morgan fingerprint density at radius 1 is 0.257 bits per heavy atom. The summed E-state index contributed by atoms with van der Waals surface area (Å²) in [6.45, 7) is 0. The molecular formula is C69H47N. The largest absolute Gasteiger partial charge is 0.309 e. The molecule has 0 heterocycles. The SMILES string of the molecule is c1ccc(-c2ccc(-c3c(N(c4cc(-c5ccccc5)cc(-c5ccccc5)c4)c4cccc5c4-c4ccccc4C5(c4ccccc4)c4ccccc4)c4ccccc4c4ccccc34)cc2)cc1. The van der Waals surface area contributed by atoms with Gasteiger partial charge in [0.05, 0.1) is 16.8 Å². The van der Waals surface area contributed by atoms with E-state index in [1.165, 1.54) is 71.6 Å². The standard InChI is InChI=1S/C69H47N/c1-6-23-48(24-7-1)51-41-43-52(44-42-51)66-60-35-18-16-33-58(60)59-34-17-19-36-61(59)68(66)70(57-46-53(49-25-8-2-9-26-49)45-54(47-57)50-27-10-3-11-28-50)65-40-22-39-64-67(65)62-37-20-21-38-63(62)69(64,55-29-12-4-13-30-55)56-31-14-5-15-32-56/h1-47H. The molecule has 328 valence electrons. The summed E-state index contributed by atoms with van der Waals surface area (Å²) in [7, 11) is 0. The summed E-state index contributed by atoms with van der Waals surface area (Å²) in [5, 5.41) is 4.81. The van der Waals surface area contributed by atoms with Gasteiger partial charge in [-0.3, -0.25) is 0 Å². The molecule has 1 heteroatoms. The monoisotopic (exact) mass is 889 g/mol. The third kappa shape index (κ3) is 6.70. The van der Waals surface area contributed by atoms with Gasteiger partial charge < -0.3 is 4.90 Å². The van der Waals surface area contributed by atoms with Gasteiger partial charge in [-0.1, -0.05) is 261 Å². The third-order valence-corrected chi connectivity index (χ3v) is 14.5. The van der Waals surface area contributed by atoms with E-state index in [-0.39, 0.29) is 0 Å². The number of hydrogen-bond donors (Lipinski definition) is 0. The van der Waals surface area contributed by atoms with Crippen molar-refractivity contribution in [2.24, 2.45) is 0 Å². The first-order valence-corrected chi connectivity index (χ1v) is 24.3. The molecule has 1 aliphatic carbocycles. The van der Waals surface area contributed by atoms with Crippen LogP contribution in [0, 0.1) is 0 Å². The highest BCUT2D eigenvalue weighted by Gasteiger charge is 2.47. The van der Waals surface area contributed by atoms with E-state index < -0.39 is 5.41 Å². The number of anilines is 3. The van der Waals surface area contributed by atoms with E-state index in [0.717, 1.165) is 44.9 Å². The molecule has 0 bridgehead atoms. The lowest BCUT2D eigenvalue weighted by Crippen LogP contribution is -2.28. The molecule has 1 aliphatic rings. The molecule has 0 saturated carbocycles. The van der Waals surface area contributed by atoms with Crippen LogP contribution in [0.4, 0.5) is 17.1 Å². The van der Waals surface area contributed by atoms with Crippen LogP contribution in [0.3, 0.4) is 0 Å². The molecule has 0 aromatic heterocycles. The van der Waals surface area contributed by atoms with E-state index in [4.69, 9.17) is 0 Å². The van der Waals surface area contributed by atoms with E-state index in [1.807, 2.05) is 0 Å². The highest BCUT2D eigenvalue weighted by Crippen LogP contribution is 2.61. The Balaban J connectivity index is 1.20. The normalized spacial score (nSPS) is 12.4. The summed E-state index contributed by atoms with van der Waals surface area (Å²) in [6.07, 6.45) is 0. The zero-order chi connectivity index (χ0) is 46.4. The molecule has 0 radical (unpaired) electrons. The molecule has 0 N–H and O–H groups in total. The van der Waals surface area contributed by atoms with Crippen LogP contribution in [-0.2, 0) is 5.41 Å². The van der Waals surface area contributed by atoms with Crippen molar-refractivity contribution in [2.45, 2.75) is 5.41 Å². The van der Waals surface area contributed by atoms with E-state index in [2.05, 4.69) is 290 Å². The molecular weight excluding hydrogens is 843 g/mol. The van der Waals surface area contributed by atoms with Gasteiger partial charge in [-0.05, 0) is 107 Å². The summed E-state index contributed by atoms with van der Waals surface area (Å²) in [5.41, 5.74) is 19.6. The van der Waals surface area contributed by atoms with Crippen LogP contribution in [0.15, 0.2) is 285 Å². The van der Waals surface area contributed by atoms with E-state index in [9.17, 15) is 0 Å². The lowest BCUT2D eigenvalue weighted by molar-refractivity contribution is 0.768. The van der Waals surface area contributed by atoms with Crippen molar-refractivity contribution in [3.63, 3.8) is 0 Å². The highest BCUT2D eigenvalue weighted by atomic mass is 15.2. The van der Waals surface area contributed by atoms with Gasteiger partial charge in [-0.25, -0.2) is 0 Å². The molecule has 0 aliphatic heterocycles. The summed E-state index contributed by atoms with van der Waals surface area (Å²) in [5.74, 6) is 0. The van der Waals surface area contributed by atoms with Crippen molar-refractivity contribution < 1.29 is 0 Å². The quantitative estimate of drug-likeness (QED) is 0.131. The van der Waals surface area contributed by atoms with E-state index in [0.29, 0.717) is 0 Å². The molecule has 0 fully saturated rings. The smallest absolute Gasteiger partial charge is 0.0714 e. The van der Waals surface area contributed by atoms with Gasteiger partial charge in [-0.2, -0.15) is 0 Å². The van der Waals surface area contributed by atoms with Gasteiger partial charge in [-0.15, -0.1) is 0 Å². The fraction of sp³-hybridized carbons (Fsp3) is 0.0145. The van der Waals surface area contributed by atoms with Crippen LogP contribution < -0.4 is 4.90 Å². The topological polar surface area (TPSA) is 3.24 Å². The van der Waals surface area contributed by atoms with Crippen LogP contribution in [0.1, 0.15) is 22.3 Å². The Morgan fingerprint density at radius 3 is 1.24 bits per heavy atom.